The minimum atomic E-state index is -1.65. The predicted octanol–water partition coefficient (Wildman–Crippen LogP) is 5.72. The van der Waals surface area contributed by atoms with E-state index in [-0.39, 0.29) is 11.5 Å². The molecular formula is C19H36O2Si. The Morgan fingerprint density at radius 3 is 2.23 bits per heavy atom. The van der Waals surface area contributed by atoms with Crippen LogP contribution in [0.25, 0.3) is 0 Å². The van der Waals surface area contributed by atoms with Gasteiger partial charge in [0.05, 0.1) is 5.60 Å². The summed E-state index contributed by atoms with van der Waals surface area (Å²) in [6.45, 7) is 9.10. The average Bonchev–Trinajstić information content (AvgIpc) is 2.40. The van der Waals surface area contributed by atoms with Crippen molar-refractivity contribution in [3.63, 3.8) is 0 Å². The molecule has 2 aliphatic carbocycles. The normalized spacial score (nSPS) is 35.5. The standard InChI is InChI=1S/C19H36O2Si/c1-16-14-18(20)17-12-10-8-6-5-7-9-11-13-19(17,15-16)21-22(2,3)4/h16-17H,5-15H2,1-4H3. The van der Waals surface area contributed by atoms with Crippen molar-refractivity contribution in [2.24, 2.45) is 11.8 Å². The molecule has 0 amide bonds. The smallest absolute Gasteiger partial charge is 0.184 e. The van der Waals surface area contributed by atoms with E-state index in [1.807, 2.05) is 0 Å². The van der Waals surface area contributed by atoms with Crippen molar-refractivity contribution in [3.05, 3.63) is 0 Å². The van der Waals surface area contributed by atoms with E-state index in [9.17, 15) is 4.79 Å². The second kappa shape index (κ2) is 7.61. The average molecular weight is 325 g/mol. The summed E-state index contributed by atoms with van der Waals surface area (Å²) in [6, 6.07) is 0. The van der Waals surface area contributed by atoms with Crippen LogP contribution in [-0.4, -0.2) is 19.7 Å². The summed E-state index contributed by atoms with van der Waals surface area (Å²) in [4.78, 5) is 12.8. The van der Waals surface area contributed by atoms with Crippen LogP contribution in [0.2, 0.25) is 19.6 Å². The first-order valence-electron chi connectivity index (χ1n) is 9.55. The summed E-state index contributed by atoms with van der Waals surface area (Å²) in [6.07, 6.45) is 13.2. The van der Waals surface area contributed by atoms with E-state index in [2.05, 4.69) is 26.6 Å². The summed E-state index contributed by atoms with van der Waals surface area (Å²) in [5.41, 5.74) is -0.135. The molecule has 0 aliphatic heterocycles. The van der Waals surface area contributed by atoms with Crippen molar-refractivity contribution in [3.8, 4) is 0 Å². The lowest BCUT2D eigenvalue weighted by atomic mass is 9.67. The van der Waals surface area contributed by atoms with Crippen LogP contribution < -0.4 is 0 Å². The topological polar surface area (TPSA) is 26.3 Å². The number of rotatable bonds is 2. The fourth-order valence-electron chi connectivity index (χ4n) is 4.71. The van der Waals surface area contributed by atoms with Crippen molar-refractivity contribution in [2.45, 2.75) is 103 Å². The van der Waals surface area contributed by atoms with Crippen LogP contribution in [0.1, 0.15) is 77.6 Å². The Kier molecular flexibility index (Phi) is 6.29. The third-order valence-corrected chi connectivity index (χ3v) is 6.39. The molecule has 2 fully saturated rings. The SMILES string of the molecule is CC1CC(=O)C2CCCCCCCCCC2(O[Si](C)(C)C)C1. The lowest BCUT2D eigenvalue weighted by molar-refractivity contribution is -0.141. The van der Waals surface area contributed by atoms with Gasteiger partial charge in [-0.25, -0.2) is 0 Å². The Labute approximate surface area is 138 Å². The molecule has 0 radical (unpaired) electrons. The highest BCUT2D eigenvalue weighted by Gasteiger charge is 2.49. The Morgan fingerprint density at radius 2 is 1.59 bits per heavy atom. The van der Waals surface area contributed by atoms with Crippen LogP contribution in [0.3, 0.4) is 0 Å². The van der Waals surface area contributed by atoms with Gasteiger partial charge < -0.3 is 4.43 Å². The van der Waals surface area contributed by atoms with Crippen LogP contribution in [0, 0.1) is 11.8 Å². The Bertz CT molecular complexity index is 374. The van der Waals surface area contributed by atoms with Gasteiger partial charge in [0, 0.05) is 12.3 Å². The van der Waals surface area contributed by atoms with E-state index in [0.717, 1.165) is 25.7 Å². The molecule has 2 saturated carbocycles. The van der Waals surface area contributed by atoms with Crippen LogP contribution in [-0.2, 0) is 9.22 Å². The number of ketones is 1. The molecule has 22 heavy (non-hydrogen) atoms. The fraction of sp³-hybridized carbons (Fsp3) is 0.947. The third kappa shape index (κ3) is 4.92. The number of hydrogen-bond donors (Lipinski definition) is 0. The van der Waals surface area contributed by atoms with Gasteiger partial charge in [0.15, 0.2) is 8.32 Å². The maximum atomic E-state index is 12.8. The summed E-state index contributed by atoms with van der Waals surface area (Å²) in [7, 11) is -1.65. The van der Waals surface area contributed by atoms with Gasteiger partial charge in [0.2, 0.25) is 0 Å². The first-order valence-corrected chi connectivity index (χ1v) is 13.0. The number of carbonyl (C=O) groups excluding carboxylic acids is 1. The monoisotopic (exact) mass is 324 g/mol. The van der Waals surface area contributed by atoms with Crippen molar-refractivity contribution in [2.75, 3.05) is 0 Å². The van der Waals surface area contributed by atoms with E-state index in [1.54, 1.807) is 0 Å². The van der Waals surface area contributed by atoms with Crippen LogP contribution >= 0.6 is 0 Å². The molecule has 3 heteroatoms. The van der Waals surface area contributed by atoms with Crippen molar-refractivity contribution >= 4 is 14.1 Å². The highest BCUT2D eigenvalue weighted by Crippen LogP contribution is 2.45. The van der Waals surface area contributed by atoms with Crippen LogP contribution in [0.4, 0.5) is 0 Å². The molecule has 0 N–H and O–H groups in total. The van der Waals surface area contributed by atoms with E-state index < -0.39 is 8.32 Å². The molecule has 0 aromatic rings. The van der Waals surface area contributed by atoms with E-state index in [0.29, 0.717) is 11.7 Å². The van der Waals surface area contributed by atoms with Crippen LogP contribution in [0.15, 0.2) is 0 Å². The van der Waals surface area contributed by atoms with Gasteiger partial charge in [-0.15, -0.1) is 0 Å². The number of fused-ring (bicyclic) bond motifs is 1. The van der Waals surface area contributed by atoms with Gasteiger partial charge in [0.1, 0.15) is 5.78 Å². The minimum Gasteiger partial charge on any atom is -0.411 e. The second-order valence-electron chi connectivity index (χ2n) is 8.83. The third-order valence-electron chi connectivity index (χ3n) is 5.37. The van der Waals surface area contributed by atoms with E-state index in [4.69, 9.17) is 4.43 Å². The zero-order valence-corrected chi connectivity index (χ0v) is 16.2. The molecule has 0 saturated heterocycles. The lowest BCUT2D eigenvalue weighted by Crippen LogP contribution is -2.54. The van der Waals surface area contributed by atoms with E-state index in [1.165, 1.54) is 44.9 Å². The highest BCUT2D eigenvalue weighted by atomic mass is 28.4. The quantitative estimate of drug-likeness (QED) is 0.607. The number of hydrogen-bond acceptors (Lipinski definition) is 2. The molecule has 0 bridgehead atoms. The number of carbonyl (C=O) groups is 1. The van der Waals surface area contributed by atoms with Crippen molar-refractivity contribution in [1.29, 1.82) is 0 Å². The maximum Gasteiger partial charge on any atom is 0.184 e. The molecule has 3 unspecified atom stereocenters. The van der Waals surface area contributed by atoms with Gasteiger partial charge in [-0.1, -0.05) is 51.9 Å². The fourth-order valence-corrected chi connectivity index (χ4v) is 6.26. The van der Waals surface area contributed by atoms with Gasteiger partial charge in [-0.3, -0.25) is 4.79 Å². The molecule has 128 valence electrons. The van der Waals surface area contributed by atoms with Crippen molar-refractivity contribution in [1.82, 2.24) is 0 Å². The summed E-state index contributed by atoms with van der Waals surface area (Å²) in [5, 5.41) is 0. The molecule has 2 aliphatic rings. The first-order chi connectivity index (χ1) is 10.3. The Morgan fingerprint density at radius 1 is 1.00 bits per heavy atom. The Hall–Kier alpha value is -0.153. The lowest BCUT2D eigenvalue weighted by Gasteiger charge is -2.49. The molecule has 0 aromatic carbocycles. The van der Waals surface area contributed by atoms with Gasteiger partial charge in [0.25, 0.3) is 0 Å². The molecular weight excluding hydrogens is 288 g/mol. The van der Waals surface area contributed by atoms with Gasteiger partial charge >= 0.3 is 0 Å². The first kappa shape index (κ1) is 18.2. The molecule has 2 rings (SSSR count). The second-order valence-corrected chi connectivity index (χ2v) is 13.3. The summed E-state index contributed by atoms with van der Waals surface area (Å²) in [5.74, 6) is 1.16. The largest absolute Gasteiger partial charge is 0.411 e. The molecule has 3 atom stereocenters. The van der Waals surface area contributed by atoms with E-state index >= 15 is 0 Å². The van der Waals surface area contributed by atoms with Gasteiger partial charge in [-0.2, -0.15) is 0 Å². The zero-order valence-electron chi connectivity index (χ0n) is 15.2. The molecule has 0 heterocycles. The van der Waals surface area contributed by atoms with Crippen molar-refractivity contribution < 1.29 is 9.22 Å². The Balaban J connectivity index is 2.26. The van der Waals surface area contributed by atoms with Gasteiger partial charge in [-0.05, 0) is 44.8 Å². The summed E-state index contributed by atoms with van der Waals surface area (Å²) >= 11 is 0. The molecule has 0 spiro atoms. The highest BCUT2D eigenvalue weighted by molar-refractivity contribution is 6.69. The molecule has 0 aromatic heterocycles. The molecule has 2 nitrogen and oxygen atoms in total. The number of Topliss-reactive ketones (excluding diaryl/α,β-unsaturated/α-hetero) is 1. The summed E-state index contributed by atoms with van der Waals surface area (Å²) < 4.78 is 6.80. The maximum absolute atomic E-state index is 12.8. The van der Waals surface area contributed by atoms with Crippen LogP contribution in [0.5, 0.6) is 0 Å². The minimum absolute atomic E-state index is 0.135. The predicted molar refractivity (Wildman–Crippen MR) is 95.6 cm³/mol. The zero-order chi connectivity index (χ0) is 16.2.